The molecule has 0 aliphatic rings. The van der Waals surface area contributed by atoms with Gasteiger partial charge in [0.15, 0.2) is 0 Å². The molecular formula is C13H18N2O2. The third kappa shape index (κ3) is 5.26. The van der Waals surface area contributed by atoms with Gasteiger partial charge in [-0.2, -0.15) is 0 Å². The SMILES string of the molecule is CC(C)(C)NCC=Cc1ccc([N+](=O)[O-])cc1. The first kappa shape index (κ1) is 13.4. The van der Waals surface area contributed by atoms with Gasteiger partial charge in [0.25, 0.3) is 5.69 Å². The van der Waals surface area contributed by atoms with E-state index in [9.17, 15) is 10.1 Å². The summed E-state index contributed by atoms with van der Waals surface area (Å²) in [6.07, 6.45) is 3.95. The Bertz CT molecular complexity index is 402. The number of nitro benzene ring substituents is 1. The molecular weight excluding hydrogens is 216 g/mol. The highest BCUT2D eigenvalue weighted by molar-refractivity contribution is 5.51. The van der Waals surface area contributed by atoms with Crippen LogP contribution in [-0.2, 0) is 0 Å². The first-order valence-electron chi connectivity index (χ1n) is 5.54. The van der Waals surface area contributed by atoms with Crippen molar-refractivity contribution in [3.05, 3.63) is 46.0 Å². The van der Waals surface area contributed by atoms with Crippen LogP contribution in [0.5, 0.6) is 0 Å². The molecule has 0 atom stereocenters. The lowest BCUT2D eigenvalue weighted by Gasteiger charge is -2.18. The number of nitrogens with one attached hydrogen (secondary N) is 1. The average Bonchev–Trinajstić information content (AvgIpc) is 2.24. The van der Waals surface area contributed by atoms with Crippen molar-refractivity contribution in [2.75, 3.05) is 6.54 Å². The van der Waals surface area contributed by atoms with Crippen molar-refractivity contribution in [2.45, 2.75) is 26.3 Å². The van der Waals surface area contributed by atoms with Gasteiger partial charge in [0, 0.05) is 24.2 Å². The summed E-state index contributed by atoms with van der Waals surface area (Å²) in [6, 6.07) is 6.51. The fraction of sp³-hybridized carbons (Fsp3) is 0.385. The molecule has 0 saturated carbocycles. The summed E-state index contributed by atoms with van der Waals surface area (Å²) in [5, 5.41) is 13.8. The van der Waals surface area contributed by atoms with Gasteiger partial charge in [-0.1, -0.05) is 12.2 Å². The van der Waals surface area contributed by atoms with Gasteiger partial charge in [0.1, 0.15) is 0 Å². The van der Waals surface area contributed by atoms with Gasteiger partial charge in [-0.25, -0.2) is 0 Å². The topological polar surface area (TPSA) is 55.2 Å². The van der Waals surface area contributed by atoms with Gasteiger partial charge in [0.2, 0.25) is 0 Å². The predicted octanol–water partition coefficient (Wildman–Crippen LogP) is 3.00. The maximum Gasteiger partial charge on any atom is 0.269 e. The summed E-state index contributed by atoms with van der Waals surface area (Å²) in [7, 11) is 0. The van der Waals surface area contributed by atoms with Crippen LogP contribution in [0.3, 0.4) is 0 Å². The van der Waals surface area contributed by atoms with E-state index >= 15 is 0 Å². The van der Waals surface area contributed by atoms with E-state index in [0.717, 1.165) is 12.1 Å². The lowest BCUT2D eigenvalue weighted by molar-refractivity contribution is -0.384. The van der Waals surface area contributed by atoms with E-state index in [2.05, 4.69) is 26.1 Å². The molecule has 0 aliphatic carbocycles. The quantitative estimate of drug-likeness (QED) is 0.643. The van der Waals surface area contributed by atoms with Gasteiger partial charge < -0.3 is 5.32 Å². The Balaban J connectivity index is 2.52. The van der Waals surface area contributed by atoms with Crippen LogP contribution in [0, 0.1) is 10.1 Å². The minimum absolute atomic E-state index is 0.0970. The van der Waals surface area contributed by atoms with E-state index in [1.807, 2.05) is 12.2 Å². The van der Waals surface area contributed by atoms with Gasteiger partial charge in [-0.05, 0) is 38.5 Å². The molecule has 0 heterocycles. The minimum Gasteiger partial charge on any atom is -0.309 e. The number of nitro groups is 1. The van der Waals surface area contributed by atoms with Crippen molar-refractivity contribution in [3.63, 3.8) is 0 Å². The summed E-state index contributed by atoms with van der Waals surface area (Å²) >= 11 is 0. The van der Waals surface area contributed by atoms with Crippen LogP contribution in [0.15, 0.2) is 30.3 Å². The molecule has 0 radical (unpaired) electrons. The van der Waals surface area contributed by atoms with Crippen LogP contribution >= 0.6 is 0 Å². The highest BCUT2D eigenvalue weighted by atomic mass is 16.6. The highest BCUT2D eigenvalue weighted by Gasteiger charge is 2.06. The maximum atomic E-state index is 10.5. The molecule has 92 valence electrons. The average molecular weight is 234 g/mol. The minimum atomic E-state index is -0.394. The zero-order chi connectivity index (χ0) is 12.9. The second kappa shape index (κ2) is 5.59. The van der Waals surface area contributed by atoms with Gasteiger partial charge in [0.05, 0.1) is 4.92 Å². The van der Waals surface area contributed by atoms with Gasteiger partial charge in [-0.15, -0.1) is 0 Å². The normalized spacial score (nSPS) is 11.9. The summed E-state index contributed by atoms with van der Waals surface area (Å²) < 4.78 is 0. The molecule has 0 unspecified atom stereocenters. The molecule has 0 saturated heterocycles. The lowest BCUT2D eigenvalue weighted by Crippen LogP contribution is -2.35. The van der Waals surface area contributed by atoms with Crippen LogP contribution < -0.4 is 5.32 Å². The first-order chi connectivity index (χ1) is 7.88. The summed E-state index contributed by atoms with van der Waals surface area (Å²) in [5.74, 6) is 0. The van der Waals surface area contributed by atoms with Gasteiger partial charge >= 0.3 is 0 Å². The Hall–Kier alpha value is -1.68. The van der Waals surface area contributed by atoms with Crippen molar-refractivity contribution >= 4 is 11.8 Å². The molecule has 4 heteroatoms. The van der Waals surface area contributed by atoms with Crippen molar-refractivity contribution in [2.24, 2.45) is 0 Å². The zero-order valence-electron chi connectivity index (χ0n) is 10.4. The van der Waals surface area contributed by atoms with Crippen LogP contribution in [-0.4, -0.2) is 17.0 Å². The molecule has 1 aromatic carbocycles. The monoisotopic (exact) mass is 234 g/mol. The highest BCUT2D eigenvalue weighted by Crippen LogP contribution is 2.12. The lowest BCUT2D eigenvalue weighted by atomic mass is 10.1. The first-order valence-corrected chi connectivity index (χ1v) is 5.54. The third-order valence-corrected chi connectivity index (χ3v) is 2.16. The van der Waals surface area contributed by atoms with E-state index in [1.165, 1.54) is 12.1 Å². The number of hydrogen-bond acceptors (Lipinski definition) is 3. The molecule has 17 heavy (non-hydrogen) atoms. The molecule has 0 aromatic heterocycles. The summed E-state index contributed by atoms with van der Waals surface area (Å²) in [4.78, 5) is 10.1. The Kier molecular flexibility index (Phi) is 4.40. The molecule has 1 N–H and O–H groups in total. The molecule has 0 aliphatic heterocycles. The van der Waals surface area contributed by atoms with Crippen molar-refractivity contribution in [1.82, 2.24) is 5.32 Å². The molecule has 0 fully saturated rings. The second-order valence-electron chi connectivity index (χ2n) is 4.88. The number of rotatable bonds is 4. The number of nitrogens with zero attached hydrogens (tertiary/aromatic N) is 1. The molecule has 1 rings (SSSR count). The molecule has 0 bridgehead atoms. The predicted molar refractivity (Wildman–Crippen MR) is 69.9 cm³/mol. The number of hydrogen-bond donors (Lipinski definition) is 1. The largest absolute Gasteiger partial charge is 0.309 e. The van der Waals surface area contributed by atoms with Crippen molar-refractivity contribution in [3.8, 4) is 0 Å². The zero-order valence-corrected chi connectivity index (χ0v) is 10.4. The Morgan fingerprint density at radius 1 is 1.29 bits per heavy atom. The van der Waals surface area contributed by atoms with E-state index in [1.54, 1.807) is 12.1 Å². The Morgan fingerprint density at radius 2 is 1.88 bits per heavy atom. The van der Waals surface area contributed by atoms with E-state index in [0.29, 0.717) is 0 Å². The summed E-state index contributed by atoms with van der Waals surface area (Å²) in [6.45, 7) is 7.09. The Morgan fingerprint density at radius 3 is 2.35 bits per heavy atom. The van der Waals surface area contributed by atoms with Crippen molar-refractivity contribution in [1.29, 1.82) is 0 Å². The fourth-order valence-electron chi connectivity index (χ4n) is 1.27. The summed E-state index contributed by atoms with van der Waals surface area (Å²) in [5.41, 5.74) is 1.18. The van der Waals surface area contributed by atoms with Gasteiger partial charge in [-0.3, -0.25) is 10.1 Å². The molecule has 1 aromatic rings. The van der Waals surface area contributed by atoms with E-state index < -0.39 is 4.92 Å². The third-order valence-electron chi connectivity index (χ3n) is 2.16. The molecule has 0 amide bonds. The van der Waals surface area contributed by atoms with Crippen LogP contribution in [0.4, 0.5) is 5.69 Å². The Labute approximate surface area is 101 Å². The molecule has 4 nitrogen and oxygen atoms in total. The van der Waals surface area contributed by atoms with Crippen LogP contribution in [0.2, 0.25) is 0 Å². The van der Waals surface area contributed by atoms with E-state index in [-0.39, 0.29) is 11.2 Å². The second-order valence-corrected chi connectivity index (χ2v) is 4.88. The van der Waals surface area contributed by atoms with Crippen LogP contribution in [0.25, 0.3) is 6.08 Å². The van der Waals surface area contributed by atoms with Crippen molar-refractivity contribution < 1.29 is 4.92 Å². The maximum absolute atomic E-state index is 10.5. The number of benzene rings is 1. The standard InChI is InChI=1S/C13H18N2O2/c1-13(2,3)14-10-4-5-11-6-8-12(9-7-11)15(16)17/h4-9,14H,10H2,1-3H3. The fourth-order valence-corrected chi connectivity index (χ4v) is 1.27. The smallest absolute Gasteiger partial charge is 0.269 e. The molecule has 0 spiro atoms. The van der Waals surface area contributed by atoms with E-state index in [4.69, 9.17) is 0 Å². The number of non-ortho nitro benzene ring substituents is 1. The van der Waals surface area contributed by atoms with Crippen LogP contribution in [0.1, 0.15) is 26.3 Å².